The Kier molecular flexibility index (Phi) is 2.97. The van der Waals surface area contributed by atoms with E-state index in [-0.39, 0.29) is 5.82 Å². The molecule has 3 heteroatoms. The summed E-state index contributed by atoms with van der Waals surface area (Å²) in [6.07, 6.45) is 2.49. The Balaban J connectivity index is 2.14. The van der Waals surface area contributed by atoms with Crippen molar-refractivity contribution in [2.24, 2.45) is 0 Å². The average molecular weight is 253 g/mol. The number of halogens is 1. The molecular formula is C16H12FNO. The molecule has 0 aliphatic rings. The number of fused-ring (bicyclic) bond motifs is 1. The maximum atomic E-state index is 13.2. The first-order valence-corrected chi connectivity index (χ1v) is 6.02. The highest BCUT2D eigenvalue weighted by molar-refractivity contribution is 5.85. The Hall–Kier alpha value is -2.26. The molecule has 0 aliphatic heterocycles. The minimum atomic E-state index is -0.880. The lowest BCUT2D eigenvalue weighted by atomic mass is 9.98. The summed E-state index contributed by atoms with van der Waals surface area (Å²) >= 11 is 0. The van der Waals surface area contributed by atoms with E-state index >= 15 is 0 Å². The van der Waals surface area contributed by atoms with Gasteiger partial charge >= 0.3 is 0 Å². The molecule has 94 valence electrons. The van der Waals surface area contributed by atoms with Crippen LogP contribution >= 0.6 is 0 Å². The van der Waals surface area contributed by atoms with Crippen LogP contribution in [0.5, 0.6) is 0 Å². The van der Waals surface area contributed by atoms with Gasteiger partial charge in [0.1, 0.15) is 11.9 Å². The van der Waals surface area contributed by atoms with E-state index in [2.05, 4.69) is 4.98 Å². The molecule has 0 fully saturated rings. The minimum Gasteiger partial charge on any atom is -0.384 e. The van der Waals surface area contributed by atoms with Crippen molar-refractivity contribution < 1.29 is 9.50 Å². The Bertz CT molecular complexity index is 721. The molecule has 0 amide bonds. The maximum Gasteiger partial charge on any atom is 0.123 e. The standard InChI is InChI=1S/C16H12FNO/c17-13-6-3-5-11(8-13)16(19)15-10-18-9-12-4-1-2-7-14(12)15/h1-10,16,19H. The summed E-state index contributed by atoms with van der Waals surface area (Å²) in [6.45, 7) is 0. The summed E-state index contributed by atoms with van der Waals surface area (Å²) in [5.74, 6) is -0.357. The van der Waals surface area contributed by atoms with Crippen molar-refractivity contribution in [2.75, 3.05) is 0 Å². The van der Waals surface area contributed by atoms with Crippen LogP contribution in [0.3, 0.4) is 0 Å². The third-order valence-corrected chi connectivity index (χ3v) is 3.16. The molecule has 1 N–H and O–H groups in total. The Morgan fingerprint density at radius 1 is 1.00 bits per heavy atom. The van der Waals surface area contributed by atoms with Crippen molar-refractivity contribution in [1.82, 2.24) is 4.98 Å². The van der Waals surface area contributed by atoms with Gasteiger partial charge in [-0.1, -0.05) is 36.4 Å². The van der Waals surface area contributed by atoms with Gasteiger partial charge in [-0.2, -0.15) is 0 Å². The number of benzene rings is 2. The zero-order chi connectivity index (χ0) is 13.2. The molecule has 1 heterocycles. The molecule has 3 aromatic rings. The van der Waals surface area contributed by atoms with Crippen molar-refractivity contribution in [2.45, 2.75) is 6.10 Å². The molecule has 2 nitrogen and oxygen atoms in total. The van der Waals surface area contributed by atoms with Gasteiger partial charge in [-0.3, -0.25) is 4.98 Å². The van der Waals surface area contributed by atoms with Crippen LogP contribution in [0.2, 0.25) is 0 Å². The third-order valence-electron chi connectivity index (χ3n) is 3.16. The van der Waals surface area contributed by atoms with Crippen LogP contribution in [0.1, 0.15) is 17.2 Å². The fraction of sp³-hybridized carbons (Fsp3) is 0.0625. The monoisotopic (exact) mass is 253 g/mol. The van der Waals surface area contributed by atoms with E-state index in [0.717, 1.165) is 10.8 Å². The molecule has 0 saturated carbocycles. The first-order chi connectivity index (χ1) is 9.25. The third kappa shape index (κ3) is 2.20. The highest BCUT2D eigenvalue weighted by atomic mass is 19.1. The number of hydrogen-bond donors (Lipinski definition) is 1. The zero-order valence-electron chi connectivity index (χ0n) is 10.1. The topological polar surface area (TPSA) is 33.1 Å². The fourth-order valence-electron chi connectivity index (χ4n) is 2.21. The molecule has 0 spiro atoms. The molecule has 1 atom stereocenters. The molecule has 0 bridgehead atoms. The molecule has 1 unspecified atom stereocenters. The minimum absolute atomic E-state index is 0.357. The predicted octanol–water partition coefficient (Wildman–Crippen LogP) is 3.46. The number of aliphatic hydroxyl groups excluding tert-OH is 1. The number of rotatable bonds is 2. The fourth-order valence-corrected chi connectivity index (χ4v) is 2.21. The van der Waals surface area contributed by atoms with Crippen molar-refractivity contribution in [3.8, 4) is 0 Å². The van der Waals surface area contributed by atoms with Crippen molar-refractivity contribution in [1.29, 1.82) is 0 Å². The Labute approximate surface area is 110 Å². The van der Waals surface area contributed by atoms with E-state index in [9.17, 15) is 9.50 Å². The number of nitrogens with zero attached hydrogens (tertiary/aromatic N) is 1. The molecule has 3 rings (SSSR count). The van der Waals surface area contributed by atoms with Crippen LogP contribution in [0, 0.1) is 5.82 Å². The van der Waals surface area contributed by atoms with Gasteiger partial charge < -0.3 is 5.11 Å². The highest BCUT2D eigenvalue weighted by Gasteiger charge is 2.14. The molecular weight excluding hydrogens is 241 g/mol. The second kappa shape index (κ2) is 4.78. The second-order valence-electron chi connectivity index (χ2n) is 4.41. The van der Waals surface area contributed by atoms with E-state index < -0.39 is 6.10 Å². The molecule has 0 radical (unpaired) electrons. The van der Waals surface area contributed by atoms with Crippen LogP contribution in [-0.4, -0.2) is 10.1 Å². The number of pyridine rings is 1. The smallest absolute Gasteiger partial charge is 0.123 e. The quantitative estimate of drug-likeness (QED) is 0.758. The predicted molar refractivity (Wildman–Crippen MR) is 72.2 cm³/mol. The summed E-state index contributed by atoms with van der Waals surface area (Å²) in [6, 6.07) is 13.7. The summed E-state index contributed by atoms with van der Waals surface area (Å²) in [4.78, 5) is 4.13. The van der Waals surface area contributed by atoms with Gasteiger partial charge in [0.2, 0.25) is 0 Å². The average Bonchev–Trinajstić information content (AvgIpc) is 2.46. The van der Waals surface area contributed by atoms with Gasteiger partial charge in [0.25, 0.3) is 0 Å². The second-order valence-corrected chi connectivity index (χ2v) is 4.41. The number of aromatic nitrogens is 1. The molecule has 1 aromatic heterocycles. The van der Waals surface area contributed by atoms with E-state index in [0.29, 0.717) is 11.1 Å². The normalized spacial score (nSPS) is 12.5. The number of hydrogen-bond acceptors (Lipinski definition) is 2. The van der Waals surface area contributed by atoms with Gasteiger partial charge in [0.15, 0.2) is 0 Å². The van der Waals surface area contributed by atoms with Crippen LogP contribution in [-0.2, 0) is 0 Å². The lowest BCUT2D eigenvalue weighted by molar-refractivity contribution is 0.221. The van der Waals surface area contributed by atoms with Gasteiger partial charge in [-0.15, -0.1) is 0 Å². The first kappa shape index (κ1) is 11.8. The van der Waals surface area contributed by atoms with Gasteiger partial charge in [0.05, 0.1) is 0 Å². The molecule has 0 saturated heterocycles. The maximum absolute atomic E-state index is 13.2. The molecule has 19 heavy (non-hydrogen) atoms. The molecule has 2 aromatic carbocycles. The van der Waals surface area contributed by atoms with Crippen LogP contribution < -0.4 is 0 Å². The number of aliphatic hydroxyl groups is 1. The van der Waals surface area contributed by atoms with E-state index in [4.69, 9.17) is 0 Å². The van der Waals surface area contributed by atoms with Crippen molar-refractivity contribution >= 4 is 10.8 Å². The summed E-state index contributed by atoms with van der Waals surface area (Å²) in [5.41, 5.74) is 1.21. The van der Waals surface area contributed by atoms with E-state index in [1.165, 1.54) is 12.1 Å². The summed E-state index contributed by atoms with van der Waals surface area (Å²) in [5, 5.41) is 12.3. The zero-order valence-corrected chi connectivity index (χ0v) is 10.1. The summed E-state index contributed by atoms with van der Waals surface area (Å²) in [7, 11) is 0. The van der Waals surface area contributed by atoms with Crippen molar-refractivity contribution in [3.05, 3.63) is 77.9 Å². The van der Waals surface area contributed by atoms with Gasteiger partial charge in [0, 0.05) is 23.3 Å². The first-order valence-electron chi connectivity index (χ1n) is 6.02. The largest absolute Gasteiger partial charge is 0.384 e. The SMILES string of the molecule is OC(c1cccc(F)c1)c1cncc2ccccc12. The molecule has 0 aliphatic carbocycles. The van der Waals surface area contributed by atoms with Crippen molar-refractivity contribution in [3.63, 3.8) is 0 Å². The van der Waals surface area contributed by atoms with E-state index in [1.807, 2.05) is 24.3 Å². The van der Waals surface area contributed by atoms with Gasteiger partial charge in [-0.05, 0) is 23.1 Å². The van der Waals surface area contributed by atoms with Gasteiger partial charge in [-0.25, -0.2) is 4.39 Å². The van der Waals surface area contributed by atoms with Crippen LogP contribution in [0.15, 0.2) is 60.9 Å². The highest BCUT2D eigenvalue weighted by Crippen LogP contribution is 2.28. The van der Waals surface area contributed by atoms with Crippen LogP contribution in [0.25, 0.3) is 10.8 Å². The lowest BCUT2D eigenvalue weighted by Gasteiger charge is -2.13. The van der Waals surface area contributed by atoms with Crippen LogP contribution in [0.4, 0.5) is 4.39 Å². The lowest BCUT2D eigenvalue weighted by Crippen LogP contribution is -2.01. The van der Waals surface area contributed by atoms with E-state index in [1.54, 1.807) is 24.5 Å². The summed E-state index contributed by atoms with van der Waals surface area (Å²) < 4.78 is 13.2. The Morgan fingerprint density at radius 2 is 1.84 bits per heavy atom. The Morgan fingerprint density at radius 3 is 2.68 bits per heavy atom.